The first-order valence-corrected chi connectivity index (χ1v) is 11.9. The fraction of sp³-hybridized carbons (Fsp3) is 0.333. The first-order valence-electron chi connectivity index (χ1n) is 11.1. The molecular weight excluding hydrogens is 420 g/mol. The van der Waals surface area contributed by atoms with Crippen molar-refractivity contribution in [3.8, 4) is 0 Å². The van der Waals surface area contributed by atoms with Crippen LogP contribution in [0, 0.1) is 0 Å². The van der Waals surface area contributed by atoms with Gasteiger partial charge in [0.05, 0.1) is 29.0 Å². The molecule has 0 radical (unpaired) electrons. The number of benzene rings is 1. The molecule has 0 aliphatic carbocycles. The molecule has 8 heteroatoms. The van der Waals surface area contributed by atoms with E-state index >= 15 is 0 Å². The molecule has 0 saturated carbocycles. The number of hydrogen-bond donors (Lipinski definition) is 1. The predicted molar refractivity (Wildman–Crippen MR) is 124 cm³/mol. The summed E-state index contributed by atoms with van der Waals surface area (Å²) in [4.78, 5) is 24.4. The molecular formula is C24H24N6OS. The van der Waals surface area contributed by atoms with Crippen LogP contribution in [0.15, 0.2) is 62.3 Å². The largest absolute Gasteiger partial charge is 0.453 e. The van der Waals surface area contributed by atoms with Crippen LogP contribution >= 0.6 is 11.8 Å². The van der Waals surface area contributed by atoms with Crippen molar-refractivity contribution in [1.82, 2.24) is 24.8 Å². The number of fused-ring (bicyclic) bond motifs is 2. The number of aromatic nitrogens is 4. The van der Waals surface area contributed by atoms with Crippen LogP contribution in [0.25, 0.3) is 11.0 Å². The molecule has 4 aromatic rings. The Morgan fingerprint density at radius 1 is 1.06 bits per heavy atom. The molecule has 0 saturated heterocycles. The van der Waals surface area contributed by atoms with Gasteiger partial charge in [-0.3, -0.25) is 9.89 Å². The van der Waals surface area contributed by atoms with Gasteiger partial charge in [-0.1, -0.05) is 12.1 Å². The van der Waals surface area contributed by atoms with E-state index in [1.54, 1.807) is 0 Å². The number of nitrogens with one attached hydrogen (secondary N) is 1. The highest BCUT2D eigenvalue weighted by atomic mass is 32.2. The molecule has 1 N–H and O–H groups in total. The van der Waals surface area contributed by atoms with Crippen LogP contribution < -0.4 is 0 Å². The van der Waals surface area contributed by atoms with E-state index in [2.05, 4.69) is 30.9 Å². The third kappa shape index (κ3) is 4.08. The molecule has 32 heavy (non-hydrogen) atoms. The molecule has 1 aromatic carbocycles. The van der Waals surface area contributed by atoms with E-state index in [1.165, 1.54) is 35.9 Å². The zero-order valence-electron chi connectivity index (χ0n) is 17.8. The normalized spacial score (nSPS) is 16.8. The maximum absolute atomic E-state index is 6.09. The molecule has 0 atom stereocenters. The summed E-state index contributed by atoms with van der Waals surface area (Å²) >= 11 is 1.52. The van der Waals surface area contributed by atoms with E-state index in [0.29, 0.717) is 0 Å². The van der Waals surface area contributed by atoms with Crippen LogP contribution in [0.5, 0.6) is 0 Å². The van der Waals surface area contributed by atoms with Crippen molar-refractivity contribution in [1.29, 1.82) is 0 Å². The minimum absolute atomic E-state index is 0.772. The van der Waals surface area contributed by atoms with Crippen molar-refractivity contribution in [3.05, 3.63) is 65.4 Å². The van der Waals surface area contributed by atoms with Crippen molar-refractivity contribution < 1.29 is 4.42 Å². The lowest BCUT2D eigenvalue weighted by atomic mass is 10.1. The number of imidazole rings is 1. The van der Waals surface area contributed by atoms with Gasteiger partial charge >= 0.3 is 0 Å². The predicted octanol–water partition coefficient (Wildman–Crippen LogP) is 4.63. The summed E-state index contributed by atoms with van der Waals surface area (Å²) in [7, 11) is 0. The summed E-state index contributed by atoms with van der Waals surface area (Å²) in [5.41, 5.74) is 5.45. The number of furan rings is 1. The lowest BCUT2D eigenvalue weighted by Crippen LogP contribution is -2.31. The second-order valence-corrected chi connectivity index (χ2v) is 9.29. The Morgan fingerprint density at radius 2 is 2.03 bits per heavy atom. The number of rotatable bonds is 5. The zero-order chi connectivity index (χ0) is 21.3. The quantitative estimate of drug-likeness (QED) is 0.483. The average Bonchev–Trinajstić information content (AvgIpc) is 3.45. The summed E-state index contributed by atoms with van der Waals surface area (Å²) < 4.78 is 6.09. The molecule has 3 aromatic heterocycles. The maximum atomic E-state index is 6.09. The van der Waals surface area contributed by atoms with E-state index in [0.717, 1.165) is 77.6 Å². The van der Waals surface area contributed by atoms with E-state index in [-0.39, 0.29) is 0 Å². The lowest BCUT2D eigenvalue weighted by Gasteiger charge is -2.27. The Hall–Kier alpha value is -2.97. The summed E-state index contributed by atoms with van der Waals surface area (Å²) in [6.07, 6.45) is 6.28. The Kier molecular flexibility index (Phi) is 5.24. The standard InChI is InChI=1S/C24H24N6OS/c1-2-6-20-19(5-1)28-24(29-20)32-22-9-8-17(31-22)15-30-12-10-18-16(14-30)13-26-23(27-18)21-7-3-4-11-25-21/h1-2,5-6,8-9,13H,3-4,7,10-12,14-15H2,(H,28,29). The number of aromatic amines is 1. The Labute approximate surface area is 190 Å². The first kappa shape index (κ1) is 19.7. The van der Waals surface area contributed by atoms with Gasteiger partial charge in [0.1, 0.15) is 5.76 Å². The summed E-state index contributed by atoms with van der Waals surface area (Å²) in [6, 6.07) is 12.1. The third-order valence-corrected chi connectivity index (χ3v) is 6.78. The molecule has 2 aliphatic rings. The molecule has 0 spiro atoms. The monoisotopic (exact) mass is 444 g/mol. The molecule has 5 heterocycles. The third-order valence-electron chi connectivity index (χ3n) is 5.98. The number of para-hydroxylation sites is 2. The number of aliphatic imine (C=N–C) groups is 1. The van der Waals surface area contributed by atoms with Crippen molar-refractivity contribution in [2.45, 2.75) is 49.0 Å². The lowest BCUT2D eigenvalue weighted by molar-refractivity contribution is 0.218. The topological polar surface area (TPSA) is 83.2 Å². The van der Waals surface area contributed by atoms with Gasteiger partial charge in [0.2, 0.25) is 0 Å². The van der Waals surface area contributed by atoms with Gasteiger partial charge in [-0.15, -0.1) is 0 Å². The van der Waals surface area contributed by atoms with Gasteiger partial charge in [0, 0.05) is 37.8 Å². The van der Waals surface area contributed by atoms with Crippen LogP contribution in [-0.4, -0.2) is 43.6 Å². The van der Waals surface area contributed by atoms with Gasteiger partial charge in [-0.25, -0.2) is 15.0 Å². The summed E-state index contributed by atoms with van der Waals surface area (Å²) in [6.45, 7) is 3.48. The van der Waals surface area contributed by atoms with Gasteiger partial charge < -0.3 is 9.40 Å². The fourth-order valence-corrected chi connectivity index (χ4v) is 5.10. The van der Waals surface area contributed by atoms with Gasteiger partial charge in [-0.2, -0.15) is 0 Å². The molecule has 0 fully saturated rings. The molecule has 0 unspecified atom stereocenters. The van der Waals surface area contributed by atoms with Crippen molar-refractivity contribution in [3.63, 3.8) is 0 Å². The maximum Gasteiger partial charge on any atom is 0.174 e. The van der Waals surface area contributed by atoms with Crippen LogP contribution in [0.1, 0.15) is 42.1 Å². The van der Waals surface area contributed by atoms with Crippen molar-refractivity contribution in [2.75, 3.05) is 13.1 Å². The van der Waals surface area contributed by atoms with E-state index in [4.69, 9.17) is 9.40 Å². The Bertz CT molecular complexity index is 1260. The number of nitrogens with zero attached hydrogens (tertiary/aromatic N) is 5. The second-order valence-electron chi connectivity index (χ2n) is 8.29. The number of hydrogen-bond acceptors (Lipinski definition) is 7. The molecule has 2 aliphatic heterocycles. The van der Waals surface area contributed by atoms with E-state index in [1.807, 2.05) is 36.5 Å². The van der Waals surface area contributed by atoms with Crippen molar-refractivity contribution in [2.24, 2.45) is 4.99 Å². The summed E-state index contributed by atoms with van der Waals surface area (Å²) in [5, 5.41) is 1.69. The minimum atomic E-state index is 0.772. The highest BCUT2D eigenvalue weighted by molar-refractivity contribution is 7.99. The molecule has 0 amide bonds. The molecule has 0 bridgehead atoms. The SMILES string of the molecule is c1ccc2[nH]c(Sc3ccc(CN4CCc5nc(C6=NCCCC6)ncc5C4)o3)nc2c1. The van der Waals surface area contributed by atoms with Gasteiger partial charge in [0.25, 0.3) is 0 Å². The van der Waals surface area contributed by atoms with Crippen LogP contribution in [0.3, 0.4) is 0 Å². The average molecular weight is 445 g/mol. The molecule has 162 valence electrons. The van der Waals surface area contributed by atoms with Crippen LogP contribution in [0.4, 0.5) is 0 Å². The zero-order valence-corrected chi connectivity index (χ0v) is 18.6. The fourth-order valence-electron chi connectivity index (χ4n) is 4.32. The minimum Gasteiger partial charge on any atom is -0.453 e. The van der Waals surface area contributed by atoms with E-state index in [9.17, 15) is 0 Å². The highest BCUT2D eigenvalue weighted by Gasteiger charge is 2.21. The Morgan fingerprint density at radius 3 is 2.94 bits per heavy atom. The van der Waals surface area contributed by atoms with Crippen molar-refractivity contribution >= 4 is 28.5 Å². The van der Waals surface area contributed by atoms with E-state index < -0.39 is 0 Å². The smallest absolute Gasteiger partial charge is 0.174 e. The van der Waals surface area contributed by atoms with Crippen LogP contribution in [0.2, 0.25) is 0 Å². The molecule has 7 nitrogen and oxygen atoms in total. The highest BCUT2D eigenvalue weighted by Crippen LogP contribution is 2.29. The summed E-state index contributed by atoms with van der Waals surface area (Å²) in [5.74, 6) is 1.79. The Balaban J connectivity index is 1.11. The van der Waals surface area contributed by atoms with Gasteiger partial charge in [-0.05, 0) is 55.3 Å². The van der Waals surface area contributed by atoms with Crippen LogP contribution in [-0.2, 0) is 19.5 Å². The number of H-pyrrole nitrogens is 1. The molecule has 6 rings (SSSR count). The first-order chi connectivity index (χ1) is 15.8. The second kappa shape index (κ2) is 8.52. The van der Waals surface area contributed by atoms with Gasteiger partial charge in [0.15, 0.2) is 16.1 Å².